The van der Waals surface area contributed by atoms with Gasteiger partial charge in [-0.3, -0.25) is 4.98 Å². The van der Waals surface area contributed by atoms with Gasteiger partial charge in [0, 0.05) is 39.8 Å². The summed E-state index contributed by atoms with van der Waals surface area (Å²) in [5, 5.41) is 2.39. The molecule has 4 aliphatic rings. The second-order valence-electron chi connectivity index (χ2n) is 11.8. The molecule has 3 fully saturated rings. The van der Waals surface area contributed by atoms with Crippen molar-refractivity contribution in [3.63, 3.8) is 0 Å². The van der Waals surface area contributed by atoms with Crippen molar-refractivity contribution in [3.8, 4) is 22.6 Å². The van der Waals surface area contributed by atoms with E-state index >= 15 is 0 Å². The molecule has 5 atom stereocenters. The first-order valence-corrected chi connectivity index (χ1v) is 12.1. The lowest BCUT2D eigenvalue weighted by atomic mass is 9.45. The van der Waals surface area contributed by atoms with E-state index in [0.29, 0.717) is 16.2 Å². The Morgan fingerprint density at radius 3 is 2.30 bits per heavy atom. The van der Waals surface area contributed by atoms with E-state index in [1.807, 2.05) is 18.3 Å². The van der Waals surface area contributed by atoms with Crippen LogP contribution in [0.5, 0.6) is 0 Å². The van der Waals surface area contributed by atoms with Gasteiger partial charge in [-0.15, -0.1) is 0 Å². The molecule has 4 aromatic rings. The molecule has 2 aromatic heterocycles. The Labute approximate surface area is 194 Å². The Morgan fingerprint density at radius 1 is 0.788 bits per heavy atom. The first-order chi connectivity index (χ1) is 15.8. The van der Waals surface area contributed by atoms with E-state index in [0.717, 1.165) is 22.6 Å². The molecule has 8 rings (SSSR count). The average molecular weight is 430 g/mol. The molecule has 3 heteroatoms. The SMILES string of the molecule is CC12CC3(C)C4(C)CC(C)(c5nc(-c6cc(-c7ccccn7)cc7ccccc67)ncc51)C234. The Morgan fingerprint density at radius 2 is 1.55 bits per heavy atom. The van der Waals surface area contributed by atoms with Crippen molar-refractivity contribution in [2.75, 3.05) is 0 Å². The van der Waals surface area contributed by atoms with Crippen LogP contribution in [0, 0.1) is 16.2 Å². The third-order valence-electron chi connectivity index (χ3n) is 10.8. The topological polar surface area (TPSA) is 38.7 Å². The molecular formula is C30H27N3. The molecule has 0 N–H and O–H groups in total. The maximum atomic E-state index is 5.39. The zero-order valence-corrected chi connectivity index (χ0v) is 19.6. The highest BCUT2D eigenvalue weighted by Crippen LogP contribution is 3.09. The average Bonchev–Trinajstić information content (AvgIpc) is 3.07. The lowest BCUT2D eigenvalue weighted by molar-refractivity contribution is -0.0358. The van der Waals surface area contributed by atoms with Gasteiger partial charge < -0.3 is 0 Å². The molecule has 0 bridgehead atoms. The smallest absolute Gasteiger partial charge is 0.160 e. The number of fused-ring (bicyclic) bond motifs is 5. The van der Waals surface area contributed by atoms with Crippen LogP contribution in [-0.4, -0.2) is 15.0 Å². The van der Waals surface area contributed by atoms with Gasteiger partial charge in [-0.2, -0.15) is 0 Å². The summed E-state index contributed by atoms with van der Waals surface area (Å²) in [6.07, 6.45) is 6.56. The summed E-state index contributed by atoms with van der Waals surface area (Å²) in [6.45, 7) is 10.0. The van der Waals surface area contributed by atoms with Gasteiger partial charge in [0.25, 0.3) is 0 Å². The first kappa shape index (κ1) is 18.4. The highest BCUT2D eigenvalue weighted by atomic mass is 15.1. The minimum absolute atomic E-state index is 0.172. The van der Waals surface area contributed by atoms with E-state index < -0.39 is 0 Å². The molecular weight excluding hydrogens is 402 g/mol. The largest absolute Gasteiger partial charge is 0.256 e. The third-order valence-corrected chi connectivity index (χ3v) is 10.8. The van der Waals surface area contributed by atoms with Gasteiger partial charge in [0.15, 0.2) is 5.82 Å². The van der Waals surface area contributed by atoms with Crippen LogP contribution < -0.4 is 0 Å². The van der Waals surface area contributed by atoms with Gasteiger partial charge in [0.2, 0.25) is 0 Å². The Balaban J connectivity index is 1.36. The summed E-state index contributed by atoms with van der Waals surface area (Å²) in [5.74, 6) is 0.848. The summed E-state index contributed by atoms with van der Waals surface area (Å²) in [7, 11) is 0. The summed E-state index contributed by atoms with van der Waals surface area (Å²) in [4.78, 5) is 15.0. The van der Waals surface area contributed by atoms with Crippen molar-refractivity contribution >= 4 is 10.8 Å². The molecule has 3 saturated carbocycles. The van der Waals surface area contributed by atoms with Crippen molar-refractivity contribution < 1.29 is 0 Å². The van der Waals surface area contributed by atoms with Crippen molar-refractivity contribution in [3.05, 3.63) is 78.2 Å². The normalized spacial score (nSPS) is 38.7. The van der Waals surface area contributed by atoms with E-state index in [4.69, 9.17) is 9.97 Å². The Hall–Kier alpha value is -3.07. The lowest BCUT2D eigenvalue weighted by Crippen LogP contribution is -2.57. The molecule has 2 heterocycles. The van der Waals surface area contributed by atoms with E-state index in [1.165, 1.54) is 34.9 Å². The quantitative estimate of drug-likeness (QED) is 0.355. The molecule has 162 valence electrons. The van der Waals surface area contributed by atoms with Crippen LogP contribution in [0.1, 0.15) is 51.8 Å². The number of pyridine rings is 1. The van der Waals surface area contributed by atoms with E-state index in [-0.39, 0.29) is 10.8 Å². The maximum absolute atomic E-state index is 5.39. The molecule has 1 spiro atoms. The summed E-state index contributed by atoms with van der Waals surface area (Å²) in [5.41, 5.74) is 7.64. The minimum atomic E-state index is 0.172. The highest BCUT2D eigenvalue weighted by Gasteiger charge is 3.06. The zero-order chi connectivity index (χ0) is 22.4. The predicted molar refractivity (Wildman–Crippen MR) is 131 cm³/mol. The molecule has 33 heavy (non-hydrogen) atoms. The van der Waals surface area contributed by atoms with Crippen LogP contribution in [0.4, 0.5) is 0 Å². The van der Waals surface area contributed by atoms with Crippen LogP contribution in [0.2, 0.25) is 0 Å². The molecule has 0 saturated heterocycles. The Bertz CT molecular complexity index is 1530. The van der Waals surface area contributed by atoms with Crippen LogP contribution in [-0.2, 0) is 10.8 Å². The fourth-order valence-corrected chi connectivity index (χ4v) is 10.3. The van der Waals surface area contributed by atoms with Gasteiger partial charge in [-0.1, -0.05) is 58.0 Å². The van der Waals surface area contributed by atoms with E-state index in [9.17, 15) is 0 Å². The van der Waals surface area contributed by atoms with E-state index in [1.54, 1.807) is 0 Å². The summed E-state index contributed by atoms with van der Waals surface area (Å²) >= 11 is 0. The van der Waals surface area contributed by atoms with Gasteiger partial charge in [0.1, 0.15) is 0 Å². The molecule has 3 nitrogen and oxygen atoms in total. The number of benzene rings is 2. The van der Waals surface area contributed by atoms with E-state index in [2.05, 4.69) is 81.3 Å². The number of nitrogens with zero attached hydrogens (tertiary/aromatic N) is 3. The van der Waals surface area contributed by atoms with Crippen molar-refractivity contribution in [1.82, 2.24) is 15.0 Å². The summed E-state index contributed by atoms with van der Waals surface area (Å²) < 4.78 is 0. The molecule has 2 aromatic carbocycles. The number of hydrogen-bond donors (Lipinski definition) is 0. The standard InChI is InChI=1S/C30H27N3/c1-26-16-28(3)29(4)17-27(2,30(26,28)29)24-22(26)15-32-25(33-24)21-14-19(23-11-7-8-12-31-23)13-18-9-5-6-10-20(18)21/h5-15H,16-17H2,1-4H3. The van der Waals surface area contributed by atoms with Crippen molar-refractivity contribution in [2.45, 2.75) is 51.4 Å². The van der Waals surface area contributed by atoms with Gasteiger partial charge in [-0.05, 0) is 64.3 Å². The molecule has 0 radical (unpaired) electrons. The second-order valence-corrected chi connectivity index (χ2v) is 11.8. The van der Waals surface area contributed by atoms with Crippen LogP contribution in [0.15, 0.2) is 67.0 Å². The first-order valence-electron chi connectivity index (χ1n) is 12.1. The van der Waals surface area contributed by atoms with Gasteiger partial charge in [-0.25, -0.2) is 9.97 Å². The molecule has 5 unspecified atom stereocenters. The fraction of sp³-hybridized carbons (Fsp3) is 0.367. The fourth-order valence-electron chi connectivity index (χ4n) is 10.3. The second kappa shape index (κ2) is 5.04. The van der Waals surface area contributed by atoms with Crippen molar-refractivity contribution in [1.29, 1.82) is 0 Å². The van der Waals surface area contributed by atoms with Crippen molar-refractivity contribution in [2.24, 2.45) is 16.2 Å². The third kappa shape index (κ3) is 1.56. The van der Waals surface area contributed by atoms with Gasteiger partial charge in [0.05, 0.1) is 11.4 Å². The minimum Gasteiger partial charge on any atom is -0.256 e. The number of hydrogen-bond acceptors (Lipinski definition) is 3. The Kier molecular flexibility index (Phi) is 2.80. The number of rotatable bonds is 2. The maximum Gasteiger partial charge on any atom is 0.160 e. The zero-order valence-electron chi connectivity index (χ0n) is 19.6. The molecule has 4 aliphatic carbocycles. The monoisotopic (exact) mass is 429 g/mol. The lowest BCUT2D eigenvalue weighted by Gasteiger charge is -2.57. The van der Waals surface area contributed by atoms with Gasteiger partial charge >= 0.3 is 0 Å². The summed E-state index contributed by atoms with van der Waals surface area (Å²) in [6, 6.07) is 19.1. The molecule has 0 aliphatic heterocycles. The van der Waals surface area contributed by atoms with Crippen LogP contribution in [0.25, 0.3) is 33.4 Å². The number of aromatic nitrogens is 3. The molecule has 0 amide bonds. The highest BCUT2D eigenvalue weighted by molar-refractivity contribution is 5.98. The van der Waals surface area contributed by atoms with Crippen LogP contribution in [0.3, 0.4) is 0 Å². The predicted octanol–water partition coefficient (Wildman–Crippen LogP) is 6.71. The van der Waals surface area contributed by atoms with Crippen LogP contribution >= 0.6 is 0 Å².